The number of rotatable bonds is 6. The fourth-order valence-corrected chi connectivity index (χ4v) is 11.5. The van der Waals surface area contributed by atoms with Gasteiger partial charge in [0.2, 0.25) is 0 Å². The highest BCUT2D eigenvalue weighted by Crippen LogP contribution is 2.68. The SMILES string of the molecule is CON=C(C)C1(O[Si](C)(C)C)CCC2C3CC=C4CC(O[Si](C)(C)C)CCC4(C)C3CCC21C. The van der Waals surface area contributed by atoms with Crippen LogP contribution in [0.15, 0.2) is 16.8 Å². The van der Waals surface area contributed by atoms with Crippen LogP contribution in [0.2, 0.25) is 39.3 Å². The van der Waals surface area contributed by atoms with Crippen molar-refractivity contribution in [2.24, 2.45) is 33.7 Å². The Morgan fingerprint density at radius 2 is 1.62 bits per heavy atom. The quantitative estimate of drug-likeness (QED) is 0.160. The minimum atomic E-state index is -1.78. The normalized spacial score (nSPS) is 43.0. The smallest absolute Gasteiger partial charge is 0.185 e. The number of nitrogens with zero attached hydrogens (tertiary/aromatic N) is 1. The number of fused-ring (bicyclic) bond motifs is 5. The summed E-state index contributed by atoms with van der Waals surface area (Å²) in [6, 6.07) is 0. The molecule has 0 heterocycles. The summed E-state index contributed by atoms with van der Waals surface area (Å²) in [6.07, 6.45) is 12.9. The predicted molar refractivity (Wildman–Crippen MR) is 147 cm³/mol. The molecular formula is C28H51NO3Si2. The summed E-state index contributed by atoms with van der Waals surface area (Å²) in [4.78, 5) is 5.32. The summed E-state index contributed by atoms with van der Waals surface area (Å²) < 4.78 is 13.7. The van der Waals surface area contributed by atoms with Crippen LogP contribution in [-0.2, 0) is 13.7 Å². The van der Waals surface area contributed by atoms with E-state index in [9.17, 15) is 0 Å². The number of hydrogen-bond acceptors (Lipinski definition) is 4. The zero-order valence-electron chi connectivity index (χ0n) is 23.7. The van der Waals surface area contributed by atoms with Crippen LogP contribution in [0.1, 0.15) is 72.1 Å². The molecular weight excluding hydrogens is 454 g/mol. The molecule has 0 bridgehead atoms. The maximum atomic E-state index is 7.15. The van der Waals surface area contributed by atoms with Crippen molar-refractivity contribution in [2.75, 3.05) is 7.11 Å². The molecule has 3 fully saturated rings. The van der Waals surface area contributed by atoms with E-state index in [-0.39, 0.29) is 11.0 Å². The van der Waals surface area contributed by atoms with Crippen LogP contribution in [0.4, 0.5) is 0 Å². The van der Waals surface area contributed by atoms with E-state index in [1.165, 1.54) is 38.5 Å². The Morgan fingerprint density at radius 3 is 2.24 bits per heavy atom. The van der Waals surface area contributed by atoms with Gasteiger partial charge in [-0.25, -0.2) is 0 Å². The molecule has 0 aromatic rings. The fraction of sp³-hybridized carbons (Fsp3) is 0.893. The van der Waals surface area contributed by atoms with E-state index in [0.717, 1.165) is 30.4 Å². The minimum absolute atomic E-state index is 0.125. The molecule has 0 aromatic carbocycles. The van der Waals surface area contributed by atoms with Crippen molar-refractivity contribution in [2.45, 2.75) is 123 Å². The van der Waals surface area contributed by atoms with E-state index in [2.05, 4.69) is 71.3 Å². The third-order valence-corrected chi connectivity index (χ3v) is 12.0. The molecule has 0 spiro atoms. The van der Waals surface area contributed by atoms with E-state index >= 15 is 0 Å². The predicted octanol–water partition coefficient (Wildman–Crippen LogP) is 7.78. The lowest BCUT2D eigenvalue weighted by Gasteiger charge is -2.60. The van der Waals surface area contributed by atoms with Gasteiger partial charge in [0.15, 0.2) is 16.6 Å². The van der Waals surface area contributed by atoms with Gasteiger partial charge in [0.25, 0.3) is 0 Å². The lowest BCUT2D eigenvalue weighted by atomic mass is 9.46. The summed E-state index contributed by atoms with van der Waals surface area (Å²) in [5.74, 6) is 2.24. The second-order valence-corrected chi connectivity index (χ2v) is 23.1. The van der Waals surface area contributed by atoms with Crippen LogP contribution in [0.3, 0.4) is 0 Å². The summed E-state index contributed by atoms with van der Waals surface area (Å²) in [5, 5.41) is 4.51. The Morgan fingerprint density at radius 1 is 0.941 bits per heavy atom. The Hall–Kier alpha value is -0.436. The van der Waals surface area contributed by atoms with Crippen LogP contribution in [-0.4, -0.2) is 41.2 Å². The van der Waals surface area contributed by atoms with Gasteiger partial charge >= 0.3 is 0 Å². The van der Waals surface area contributed by atoms with E-state index in [0.29, 0.717) is 17.4 Å². The minimum Gasteiger partial charge on any atom is -0.414 e. The first-order valence-corrected chi connectivity index (χ1v) is 20.6. The molecule has 7 unspecified atom stereocenters. The molecule has 0 amide bonds. The van der Waals surface area contributed by atoms with E-state index in [1.54, 1.807) is 12.7 Å². The van der Waals surface area contributed by atoms with Gasteiger partial charge in [-0.05, 0) is 121 Å². The van der Waals surface area contributed by atoms with Crippen LogP contribution in [0.5, 0.6) is 0 Å². The van der Waals surface area contributed by atoms with E-state index in [4.69, 9.17) is 13.7 Å². The Labute approximate surface area is 211 Å². The maximum Gasteiger partial charge on any atom is 0.185 e. The largest absolute Gasteiger partial charge is 0.414 e. The maximum absolute atomic E-state index is 7.15. The van der Waals surface area contributed by atoms with Crippen LogP contribution in [0, 0.1) is 28.6 Å². The summed E-state index contributed by atoms with van der Waals surface area (Å²) >= 11 is 0. The Kier molecular flexibility index (Phi) is 6.93. The van der Waals surface area contributed by atoms with Gasteiger partial charge in [-0.1, -0.05) is 30.7 Å². The highest BCUT2D eigenvalue weighted by Gasteiger charge is 2.66. The highest BCUT2D eigenvalue weighted by atomic mass is 28.4. The molecule has 0 saturated heterocycles. The van der Waals surface area contributed by atoms with Crippen molar-refractivity contribution in [3.8, 4) is 0 Å². The van der Waals surface area contributed by atoms with Crippen molar-refractivity contribution in [1.29, 1.82) is 0 Å². The molecule has 4 aliphatic rings. The molecule has 4 rings (SSSR count). The number of hydrogen-bond donors (Lipinski definition) is 0. The van der Waals surface area contributed by atoms with Gasteiger partial charge in [0, 0.05) is 11.5 Å². The Balaban J connectivity index is 1.64. The second-order valence-electron chi connectivity index (χ2n) is 14.2. The molecule has 4 nitrogen and oxygen atoms in total. The average Bonchev–Trinajstić information content (AvgIpc) is 2.99. The van der Waals surface area contributed by atoms with Crippen LogP contribution < -0.4 is 0 Å². The van der Waals surface area contributed by atoms with Crippen molar-refractivity contribution in [3.05, 3.63) is 11.6 Å². The van der Waals surface area contributed by atoms with Crippen LogP contribution >= 0.6 is 0 Å². The first kappa shape index (κ1) is 26.6. The zero-order valence-corrected chi connectivity index (χ0v) is 25.7. The first-order valence-electron chi connectivity index (χ1n) is 13.8. The van der Waals surface area contributed by atoms with E-state index in [1.807, 2.05) is 0 Å². The lowest BCUT2D eigenvalue weighted by Crippen LogP contribution is -2.60. The summed E-state index contributed by atoms with van der Waals surface area (Å²) in [6.45, 7) is 21.3. The molecule has 194 valence electrons. The molecule has 4 aliphatic carbocycles. The highest BCUT2D eigenvalue weighted by molar-refractivity contribution is 6.70. The molecule has 7 atom stereocenters. The molecule has 0 aromatic heterocycles. The molecule has 0 radical (unpaired) electrons. The lowest BCUT2D eigenvalue weighted by molar-refractivity contribution is -0.0866. The topological polar surface area (TPSA) is 40.0 Å². The zero-order chi connectivity index (χ0) is 25.2. The van der Waals surface area contributed by atoms with Crippen molar-refractivity contribution >= 4 is 22.3 Å². The second kappa shape index (κ2) is 8.84. The van der Waals surface area contributed by atoms with Gasteiger partial charge in [0.1, 0.15) is 12.7 Å². The number of allylic oxidation sites excluding steroid dienone is 1. The fourth-order valence-electron chi connectivity index (χ4n) is 8.80. The van der Waals surface area contributed by atoms with Gasteiger partial charge in [0.05, 0.1) is 5.71 Å². The third kappa shape index (κ3) is 4.43. The van der Waals surface area contributed by atoms with E-state index < -0.39 is 16.6 Å². The molecule has 34 heavy (non-hydrogen) atoms. The van der Waals surface area contributed by atoms with Gasteiger partial charge in [-0.2, -0.15) is 0 Å². The third-order valence-electron chi connectivity index (χ3n) is 9.99. The van der Waals surface area contributed by atoms with Crippen molar-refractivity contribution < 1.29 is 13.7 Å². The first-order chi connectivity index (χ1) is 15.7. The van der Waals surface area contributed by atoms with Gasteiger partial charge < -0.3 is 13.7 Å². The Bertz CT molecular complexity index is 844. The molecule has 3 saturated carbocycles. The molecule has 6 heteroatoms. The van der Waals surface area contributed by atoms with Crippen molar-refractivity contribution in [1.82, 2.24) is 0 Å². The van der Waals surface area contributed by atoms with Crippen molar-refractivity contribution in [3.63, 3.8) is 0 Å². The standard InChI is InChI=1S/C28H51NO3Si2/c1-20(29-30-4)28(32-34(8,9)10)18-15-25-23-12-11-21-19-22(31-33(5,6)7)13-16-26(21,2)24(23)14-17-27(25,28)3/h11,22-25H,12-19H2,1-10H3. The van der Waals surface area contributed by atoms with Crippen LogP contribution in [0.25, 0.3) is 0 Å². The number of oxime groups is 1. The monoisotopic (exact) mass is 505 g/mol. The summed E-state index contributed by atoms with van der Waals surface area (Å²) in [5.41, 5.74) is 2.97. The summed E-state index contributed by atoms with van der Waals surface area (Å²) in [7, 11) is -1.61. The van der Waals surface area contributed by atoms with Gasteiger partial charge in [-0.3, -0.25) is 0 Å². The molecule has 0 aliphatic heterocycles. The average molecular weight is 506 g/mol. The van der Waals surface area contributed by atoms with Gasteiger partial charge in [-0.15, -0.1) is 0 Å². The molecule has 0 N–H and O–H groups in total.